The molecule has 10 heteroatoms. The van der Waals surface area contributed by atoms with Crippen molar-refractivity contribution < 1.29 is 13.2 Å². The minimum Gasteiger partial charge on any atom is -0.355 e. The number of carbonyl (C=O) groups is 1. The SMILES string of the molecule is Cc1cc(C)c2c(-c3ccccc3)nc(SCC(=O)NCCc3ccc(S(N)(=O)=O)cc3)n2n1. The highest BCUT2D eigenvalue weighted by Gasteiger charge is 2.17. The lowest BCUT2D eigenvalue weighted by atomic mass is 10.1. The highest BCUT2D eigenvalue weighted by Crippen LogP contribution is 2.30. The molecule has 0 bridgehead atoms. The molecule has 0 atom stereocenters. The third-order valence-electron chi connectivity index (χ3n) is 5.25. The quantitative estimate of drug-likeness (QED) is 0.363. The average molecular weight is 496 g/mol. The second-order valence-corrected chi connectivity index (χ2v) is 10.4. The van der Waals surface area contributed by atoms with Crippen molar-refractivity contribution in [1.82, 2.24) is 19.9 Å². The number of aromatic nitrogens is 3. The normalized spacial score (nSPS) is 11.6. The second kappa shape index (κ2) is 9.96. The van der Waals surface area contributed by atoms with E-state index in [2.05, 4.69) is 10.4 Å². The Bertz CT molecular complexity index is 1430. The molecule has 0 fully saturated rings. The summed E-state index contributed by atoms with van der Waals surface area (Å²) in [7, 11) is -3.71. The molecule has 2 aromatic heterocycles. The van der Waals surface area contributed by atoms with Crippen molar-refractivity contribution in [3.63, 3.8) is 0 Å². The molecule has 176 valence electrons. The van der Waals surface area contributed by atoms with Crippen LogP contribution in [0.2, 0.25) is 0 Å². The van der Waals surface area contributed by atoms with Crippen LogP contribution in [-0.4, -0.2) is 41.2 Å². The number of fused-ring (bicyclic) bond motifs is 1. The molecule has 0 aliphatic rings. The molecule has 8 nitrogen and oxygen atoms in total. The molecule has 2 heterocycles. The number of sulfonamides is 1. The molecule has 0 radical (unpaired) electrons. The summed E-state index contributed by atoms with van der Waals surface area (Å²) >= 11 is 1.34. The van der Waals surface area contributed by atoms with E-state index in [1.165, 1.54) is 23.9 Å². The first-order chi connectivity index (χ1) is 16.2. The summed E-state index contributed by atoms with van der Waals surface area (Å²) in [4.78, 5) is 17.3. The molecule has 0 unspecified atom stereocenters. The van der Waals surface area contributed by atoms with Gasteiger partial charge in [-0.05, 0) is 49.6 Å². The van der Waals surface area contributed by atoms with Crippen molar-refractivity contribution >= 4 is 33.2 Å². The van der Waals surface area contributed by atoms with Gasteiger partial charge in [-0.2, -0.15) is 5.10 Å². The highest BCUT2D eigenvalue weighted by molar-refractivity contribution is 7.99. The summed E-state index contributed by atoms with van der Waals surface area (Å²) in [6.07, 6.45) is 0.575. The van der Waals surface area contributed by atoms with Crippen molar-refractivity contribution in [3.8, 4) is 11.3 Å². The number of nitrogens with zero attached hydrogens (tertiary/aromatic N) is 3. The molecule has 0 saturated carbocycles. The van der Waals surface area contributed by atoms with Gasteiger partial charge in [0.2, 0.25) is 15.9 Å². The molecule has 4 aromatic rings. The number of primary sulfonamides is 1. The van der Waals surface area contributed by atoms with E-state index in [9.17, 15) is 13.2 Å². The van der Waals surface area contributed by atoms with Crippen molar-refractivity contribution in [2.75, 3.05) is 12.3 Å². The smallest absolute Gasteiger partial charge is 0.238 e. The number of nitrogens with two attached hydrogens (primary N) is 1. The maximum absolute atomic E-state index is 12.5. The predicted octanol–water partition coefficient (Wildman–Crippen LogP) is 3.11. The van der Waals surface area contributed by atoms with Gasteiger partial charge in [-0.1, -0.05) is 54.2 Å². The van der Waals surface area contributed by atoms with Crippen LogP contribution in [0.25, 0.3) is 16.8 Å². The second-order valence-electron chi connectivity index (χ2n) is 7.92. The fourth-order valence-corrected chi connectivity index (χ4v) is 4.96. The molecule has 0 spiro atoms. The van der Waals surface area contributed by atoms with E-state index < -0.39 is 10.0 Å². The van der Waals surface area contributed by atoms with Crippen molar-refractivity contribution in [3.05, 3.63) is 77.5 Å². The number of benzene rings is 2. The van der Waals surface area contributed by atoms with E-state index in [4.69, 9.17) is 10.1 Å². The number of rotatable bonds is 8. The van der Waals surface area contributed by atoms with Crippen LogP contribution in [0.4, 0.5) is 0 Å². The molecule has 0 saturated heterocycles. The summed E-state index contributed by atoms with van der Waals surface area (Å²) in [5.41, 5.74) is 5.63. The maximum Gasteiger partial charge on any atom is 0.238 e. The number of carbonyl (C=O) groups excluding carboxylic acids is 1. The van der Waals surface area contributed by atoms with Crippen LogP contribution in [0.15, 0.2) is 70.7 Å². The summed E-state index contributed by atoms with van der Waals surface area (Å²) < 4.78 is 24.5. The van der Waals surface area contributed by atoms with Gasteiger partial charge in [0.05, 0.1) is 27.6 Å². The van der Waals surface area contributed by atoms with Gasteiger partial charge in [-0.15, -0.1) is 0 Å². The van der Waals surface area contributed by atoms with Crippen molar-refractivity contribution in [2.24, 2.45) is 5.14 Å². The zero-order valence-corrected chi connectivity index (χ0v) is 20.5. The van der Waals surface area contributed by atoms with E-state index >= 15 is 0 Å². The number of hydrogen-bond acceptors (Lipinski definition) is 6. The van der Waals surface area contributed by atoms with E-state index in [0.29, 0.717) is 18.1 Å². The maximum atomic E-state index is 12.5. The average Bonchev–Trinajstić information content (AvgIpc) is 3.17. The number of imidazole rings is 1. The van der Waals surface area contributed by atoms with Gasteiger partial charge in [-0.3, -0.25) is 4.79 Å². The largest absolute Gasteiger partial charge is 0.355 e. The monoisotopic (exact) mass is 495 g/mol. The van der Waals surface area contributed by atoms with E-state index in [1.807, 2.05) is 54.8 Å². The first-order valence-electron chi connectivity index (χ1n) is 10.7. The summed E-state index contributed by atoms with van der Waals surface area (Å²) in [6.45, 7) is 4.40. The summed E-state index contributed by atoms with van der Waals surface area (Å²) in [5.74, 6) is 0.0837. The zero-order chi connectivity index (χ0) is 24.3. The lowest BCUT2D eigenvalue weighted by Gasteiger charge is -2.06. The van der Waals surface area contributed by atoms with Gasteiger partial charge in [0.1, 0.15) is 0 Å². The molecule has 1 amide bonds. The third-order valence-corrected chi connectivity index (χ3v) is 7.11. The Labute approximate surface area is 202 Å². The molecule has 0 aliphatic carbocycles. The Balaban J connectivity index is 1.42. The topological polar surface area (TPSA) is 119 Å². The Morgan fingerprint density at radius 1 is 1.09 bits per heavy atom. The molecular formula is C24H25N5O3S2. The fraction of sp³-hybridized carbons (Fsp3) is 0.208. The lowest BCUT2D eigenvalue weighted by Crippen LogP contribution is -2.27. The van der Waals surface area contributed by atoms with Crippen LogP contribution >= 0.6 is 11.8 Å². The number of thioether (sulfide) groups is 1. The Hall–Kier alpha value is -3.21. The first kappa shape index (κ1) is 23.9. The summed E-state index contributed by atoms with van der Waals surface area (Å²) in [6, 6.07) is 18.3. The van der Waals surface area contributed by atoms with E-state index in [1.54, 1.807) is 12.1 Å². The molecular weight excluding hydrogens is 470 g/mol. The number of amides is 1. The van der Waals surface area contributed by atoms with E-state index in [-0.39, 0.29) is 16.6 Å². The Morgan fingerprint density at radius 3 is 2.47 bits per heavy atom. The number of nitrogens with one attached hydrogen (secondary N) is 1. The lowest BCUT2D eigenvalue weighted by molar-refractivity contribution is -0.118. The molecule has 2 aromatic carbocycles. The Kier molecular flexibility index (Phi) is 7.01. The van der Waals surface area contributed by atoms with Gasteiger partial charge >= 0.3 is 0 Å². The molecule has 3 N–H and O–H groups in total. The van der Waals surface area contributed by atoms with Crippen LogP contribution in [0.3, 0.4) is 0 Å². The standard InChI is InChI=1S/C24H25N5O3S2/c1-16-14-17(2)28-29-23(16)22(19-6-4-3-5-7-19)27-24(29)33-15-21(30)26-13-12-18-8-10-20(11-9-18)34(25,31)32/h3-11,14H,12-13,15H2,1-2H3,(H,26,30)(H2,25,31,32). The van der Waals surface area contributed by atoms with Crippen LogP contribution < -0.4 is 10.5 Å². The van der Waals surface area contributed by atoms with Crippen LogP contribution in [0.1, 0.15) is 16.8 Å². The predicted molar refractivity (Wildman–Crippen MR) is 133 cm³/mol. The van der Waals surface area contributed by atoms with Crippen LogP contribution in [0, 0.1) is 13.8 Å². The highest BCUT2D eigenvalue weighted by atomic mass is 32.2. The minimum atomic E-state index is -3.71. The zero-order valence-electron chi connectivity index (χ0n) is 18.9. The minimum absolute atomic E-state index is 0.0672. The van der Waals surface area contributed by atoms with Crippen molar-refractivity contribution in [1.29, 1.82) is 0 Å². The van der Waals surface area contributed by atoms with Gasteiger partial charge in [0, 0.05) is 12.1 Å². The van der Waals surface area contributed by atoms with Crippen LogP contribution in [0.5, 0.6) is 0 Å². The number of hydrogen-bond donors (Lipinski definition) is 2. The Morgan fingerprint density at radius 2 is 1.79 bits per heavy atom. The fourth-order valence-electron chi connectivity index (χ4n) is 3.67. The first-order valence-corrected chi connectivity index (χ1v) is 13.2. The van der Waals surface area contributed by atoms with Gasteiger partial charge in [0.25, 0.3) is 0 Å². The molecule has 34 heavy (non-hydrogen) atoms. The van der Waals surface area contributed by atoms with Gasteiger partial charge in [-0.25, -0.2) is 23.1 Å². The van der Waals surface area contributed by atoms with Gasteiger partial charge < -0.3 is 5.32 Å². The van der Waals surface area contributed by atoms with Crippen LogP contribution in [-0.2, 0) is 21.2 Å². The molecule has 4 rings (SSSR count). The van der Waals surface area contributed by atoms with Crippen molar-refractivity contribution in [2.45, 2.75) is 30.3 Å². The summed E-state index contributed by atoms with van der Waals surface area (Å²) in [5, 5.41) is 13.3. The molecule has 0 aliphatic heterocycles. The van der Waals surface area contributed by atoms with Gasteiger partial charge in [0.15, 0.2) is 5.16 Å². The van der Waals surface area contributed by atoms with E-state index in [0.717, 1.165) is 33.6 Å². The number of aryl methyl sites for hydroxylation is 2. The third kappa shape index (κ3) is 5.46.